The molecule has 0 bridgehead atoms. The van der Waals surface area contributed by atoms with Crippen LogP contribution in [0.5, 0.6) is 11.5 Å². The smallest absolute Gasteiger partial charge is 0.243 e. The predicted molar refractivity (Wildman–Crippen MR) is 179 cm³/mol. The second-order valence-corrected chi connectivity index (χ2v) is 14.6. The summed E-state index contributed by atoms with van der Waals surface area (Å²) in [5, 5.41) is 2.63. The van der Waals surface area contributed by atoms with Crippen LogP contribution in [-0.2, 0) is 23.1 Å². The molecular formula is C35H41BrCl2N2O4S. The minimum absolute atomic E-state index is 0. The summed E-state index contributed by atoms with van der Waals surface area (Å²) < 4.78 is 41.9. The summed E-state index contributed by atoms with van der Waals surface area (Å²) in [4.78, 5) is 0.228. The Morgan fingerprint density at radius 2 is 1.53 bits per heavy atom. The molecule has 10 heteroatoms. The Kier molecular flexibility index (Phi) is 11.9. The number of benzene rings is 4. The van der Waals surface area contributed by atoms with Gasteiger partial charge in [0.25, 0.3) is 0 Å². The molecule has 0 aliphatic carbocycles. The summed E-state index contributed by atoms with van der Waals surface area (Å²) >= 11 is 13.0. The molecule has 0 fully saturated rings. The highest BCUT2D eigenvalue weighted by atomic mass is 79.9. The fourth-order valence-corrected chi connectivity index (χ4v) is 8.16. The van der Waals surface area contributed by atoms with E-state index < -0.39 is 10.0 Å². The number of unbranched alkanes of at least 4 members (excludes halogenated alkanes) is 1. The zero-order chi connectivity index (χ0) is 31.5. The van der Waals surface area contributed by atoms with Gasteiger partial charge in [0.15, 0.2) is 11.5 Å². The molecule has 0 amide bonds. The molecule has 4 aromatic carbocycles. The largest absolute Gasteiger partial charge is 1.00 e. The van der Waals surface area contributed by atoms with E-state index in [1.807, 2.05) is 12.1 Å². The van der Waals surface area contributed by atoms with Gasteiger partial charge in [-0.3, -0.25) is 0 Å². The van der Waals surface area contributed by atoms with Gasteiger partial charge in [-0.05, 0) is 75.8 Å². The summed E-state index contributed by atoms with van der Waals surface area (Å²) in [6.07, 6.45) is 1.61. The molecule has 45 heavy (non-hydrogen) atoms. The van der Waals surface area contributed by atoms with Crippen molar-refractivity contribution in [2.45, 2.75) is 58.5 Å². The Hall–Kier alpha value is -2.33. The van der Waals surface area contributed by atoms with Crippen LogP contribution in [0, 0.1) is 13.8 Å². The number of nitrogens with zero attached hydrogens (tertiary/aromatic N) is 2. The van der Waals surface area contributed by atoms with Gasteiger partial charge in [0, 0.05) is 40.2 Å². The molecule has 0 radical (unpaired) electrons. The van der Waals surface area contributed by atoms with Gasteiger partial charge >= 0.3 is 0 Å². The van der Waals surface area contributed by atoms with Crippen LogP contribution in [0.3, 0.4) is 0 Å². The average molecular weight is 737 g/mol. The topological polar surface area (TPSA) is 55.8 Å². The van der Waals surface area contributed by atoms with Gasteiger partial charge in [0.2, 0.25) is 16.8 Å². The van der Waals surface area contributed by atoms with Gasteiger partial charge in [0.1, 0.15) is 6.54 Å². The number of sulfonamides is 1. The van der Waals surface area contributed by atoms with Crippen molar-refractivity contribution in [1.82, 2.24) is 4.31 Å². The van der Waals surface area contributed by atoms with E-state index in [9.17, 15) is 8.42 Å². The first-order valence-electron chi connectivity index (χ1n) is 15.2. The number of hydrogen-bond donors (Lipinski definition) is 0. The monoisotopic (exact) mass is 734 g/mol. The third-order valence-electron chi connectivity index (χ3n) is 8.76. The van der Waals surface area contributed by atoms with Crippen LogP contribution in [0.2, 0.25) is 10.0 Å². The third-order valence-corrected chi connectivity index (χ3v) is 11.3. The Balaban J connectivity index is 0.00000461. The lowest BCUT2D eigenvalue weighted by atomic mass is 10.1. The number of quaternary nitrogens is 1. The Morgan fingerprint density at radius 3 is 2.22 bits per heavy atom. The summed E-state index contributed by atoms with van der Waals surface area (Å²) in [7, 11) is -3.87. The molecule has 0 N–H and O–H groups in total. The summed E-state index contributed by atoms with van der Waals surface area (Å²) in [5.74, 6) is 1.14. The molecule has 0 unspecified atom stereocenters. The average Bonchev–Trinajstić information content (AvgIpc) is 3.44. The van der Waals surface area contributed by atoms with Crippen molar-refractivity contribution in [2.75, 3.05) is 33.0 Å². The van der Waals surface area contributed by atoms with E-state index in [-0.39, 0.29) is 35.2 Å². The quantitative estimate of drug-likeness (QED) is 0.134. The first-order valence-corrected chi connectivity index (χ1v) is 17.4. The zero-order valence-corrected chi connectivity index (χ0v) is 30.2. The fraction of sp³-hybridized carbons (Fsp3) is 0.371. The van der Waals surface area contributed by atoms with Crippen molar-refractivity contribution in [3.63, 3.8) is 0 Å². The standard InChI is InChI=1S/C35H41Cl2N2O4S.BrH/c1-5-39(6-2,23-27-17-25(3)16-26(4)18-27)15-8-7-14-38(22-29-20-34-35(21-33(29)37)43-24-42-34)44(40,41)30-12-13-31-28(19-30)10-9-11-32(31)36;/h9-13,16-21H,5-8,14-15,22-24H2,1-4H3;1H/q+1;/p-1. The van der Waals surface area contributed by atoms with E-state index in [2.05, 4.69) is 45.9 Å². The first kappa shape index (κ1) is 35.5. The van der Waals surface area contributed by atoms with Gasteiger partial charge in [-0.15, -0.1) is 0 Å². The van der Waals surface area contributed by atoms with Crippen molar-refractivity contribution in [3.8, 4) is 11.5 Å². The first-order chi connectivity index (χ1) is 21.0. The molecule has 0 atom stereocenters. The summed E-state index contributed by atoms with van der Waals surface area (Å²) in [6, 6.07) is 20.9. The van der Waals surface area contributed by atoms with E-state index in [0.717, 1.165) is 47.9 Å². The second-order valence-electron chi connectivity index (χ2n) is 11.8. The van der Waals surface area contributed by atoms with Crippen LogP contribution in [-0.4, -0.2) is 50.2 Å². The van der Waals surface area contributed by atoms with E-state index in [0.29, 0.717) is 40.1 Å². The summed E-state index contributed by atoms with van der Waals surface area (Å²) in [6.45, 7) is 13.3. The molecule has 0 saturated carbocycles. The molecule has 4 aromatic rings. The normalized spacial score (nSPS) is 13.0. The Labute approximate surface area is 288 Å². The van der Waals surface area contributed by atoms with Crippen LogP contribution >= 0.6 is 23.2 Å². The van der Waals surface area contributed by atoms with Crippen molar-refractivity contribution in [2.24, 2.45) is 0 Å². The van der Waals surface area contributed by atoms with Crippen molar-refractivity contribution in [3.05, 3.63) is 99.0 Å². The number of fused-ring (bicyclic) bond motifs is 2. The van der Waals surface area contributed by atoms with E-state index in [4.69, 9.17) is 32.7 Å². The third kappa shape index (κ3) is 8.16. The lowest BCUT2D eigenvalue weighted by Gasteiger charge is -2.37. The van der Waals surface area contributed by atoms with Crippen molar-refractivity contribution < 1.29 is 39.4 Å². The van der Waals surface area contributed by atoms with Gasteiger partial charge in [-0.1, -0.05) is 70.7 Å². The summed E-state index contributed by atoms with van der Waals surface area (Å²) in [5.41, 5.74) is 4.59. The van der Waals surface area contributed by atoms with Crippen LogP contribution in [0.15, 0.2) is 71.6 Å². The minimum Gasteiger partial charge on any atom is -1.00 e. The van der Waals surface area contributed by atoms with Gasteiger partial charge in [-0.25, -0.2) is 8.42 Å². The maximum absolute atomic E-state index is 14.2. The molecule has 242 valence electrons. The number of ether oxygens (including phenoxy) is 2. The highest BCUT2D eigenvalue weighted by Crippen LogP contribution is 2.38. The molecular weight excluding hydrogens is 695 g/mol. The number of aryl methyl sites for hydroxylation is 2. The van der Waals surface area contributed by atoms with Crippen LogP contribution in [0.1, 0.15) is 48.9 Å². The van der Waals surface area contributed by atoms with E-state index in [1.165, 1.54) is 16.7 Å². The molecule has 1 aliphatic rings. The van der Waals surface area contributed by atoms with Gasteiger partial charge in [0.05, 0.1) is 24.5 Å². The Morgan fingerprint density at radius 1 is 0.844 bits per heavy atom. The predicted octanol–water partition coefficient (Wildman–Crippen LogP) is 5.52. The zero-order valence-electron chi connectivity index (χ0n) is 26.3. The molecule has 0 saturated heterocycles. The van der Waals surface area contributed by atoms with Gasteiger partial charge < -0.3 is 30.9 Å². The molecule has 0 spiro atoms. The number of rotatable bonds is 13. The molecule has 1 heterocycles. The SMILES string of the molecule is CC[N+](CC)(CCCCN(Cc1cc2c(cc1Cl)OCO2)S(=O)(=O)c1ccc2c(Cl)cccc2c1)Cc1cc(C)cc(C)c1.[Br-]. The van der Waals surface area contributed by atoms with Crippen molar-refractivity contribution >= 4 is 44.0 Å². The van der Waals surface area contributed by atoms with E-state index in [1.54, 1.807) is 40.7 Å². The molecule has 5 rings (SSSR count). The second kappa shape index (κ2) is 15.1. The minimum atomic E-state index is -3.87. The van der Waals surface area contributed by atoms with Gasteiger partial charge in [-0.2, -0.15) is 4.31 Å². The molecule has 0 aromatic heterocycles. The van der Waals surface area contributed by atoms with Crippen molar-refractivity contribution in [1.29, 1.82) is 0 Å². The van der Waals surface area contributed by atoms with E-state index >= 15 is 0 Å². The van der Waals surface area contributed by atoms with Crippen LogP contribution in [0.4, 0.5) is 0 Å². The number of halogens is 3. The highest BCUT2D eigenvalue weighted by molar-refractivity contribution is 7.89. The maximum atomic E-state index is 14.2. The lowest BCUT2D eigenvalue weighted by Crippen LogP contribution is -3.00. The highest BCUT2D eigenvalue weighted by Gasteiger charge is 2.28. The Bertz CT molecular complexity index is 1740. The van der Waals surface area contributed by atoms with Crippen LogP contribution < -0.4 is 26.5 Å². The molecule has 1 aliphatic heterocycles. The number of hydrogen-bond acceptors (Lipinski definition) is 4. The maximum Gasteiger partial charge on any atom is 0.243 e. The fourth-order valence-electron chi connectivity index (χ4n) is 6.21. The molecule has 6 nitrogen and oxygen atoms in total. The lowest BCUT2D eigenvalue weighted by molar-refractivity contribution is -0.938. The van der Waals surface area contributed by atoms with Crippen LogP contribution in [0.25, 0.3) is 10.8 Å².